The monoisotopic (exact) mass is 410 g/mol. The van der Waals surface area contributed by atoms with Crippen LogP contribution in [0.3, 0.4) is 0 Å². The van der Waals surface area contributed by atoms with Gasteiger partial charge in [0.15, 0.2) is 5.11 Å². The molecule has 3 nitrogen and oxygen atoms in total. The maximum atomic E-state index is 12.5. The first-order chi connectivity index (χ1) is 12.4. The standard InChI is InChI=1S/C20H24Cl2N2OS/c1-11(20-8-12-5-13(9-20)7-14(6-12)10-20)23-19(26)24-18(25)15-3-2-4-16(21)17(15)22/h2-4,11-14H,5-10H2,1H3,(H2,23,24,25,26)/t11-,12?,13?,14?,20?/m1/s1. The van der Waals surface area contributed by atoms with Crippen molar-refractivity contribution in [2.45, 2.75) is 51.5 Å². The number of amides is 1. The van der Waals surface area contributed by atoms with Gasteiger partial charge in [0.25, 0.3) is 5.91 Å². The Morgan fingerprint density at radius 2 is 1.73 bits per heavy atom. The minimum atomic E-state index is -0.326. The molecule has 0 aromatic heterocycles. The fourth-order valence-corrected chi connectivity index (χ4v) is 6.60. The fourth-order valence-electron chi connectivity index (χ4n) is 5.94. The van der Waals surface area contributed by atoms with Crippen LogP contribution in [0, 0.1) is 23.2 Å². The van der Waals surface area contributed by atoms with Gasteiger partial charge in [0.05, 0.1) is 15.6 Å². The van der Waals surface area contributed by atoms with E-state index in [4.69, 9.17) is 35.4 Å². The van der Waals surface area contributed by atoms with Crippen molar-refractivity contribution < 1.29 is 4.79 Å². The maximum absolute atomic E-state index is 12.5. The zero-order valence-electron chi connectivity index (χ0n) is 14.9. The van der Waals surface area contributed by atoms with Gasteiger partial charge in [0, 0.05) is 6.04 Å². The van der Waals surface area contributed by atoms with Crippen molar-refractivity contribution in [2.75, 3.05) is 0 Å². The smallest absolute Gasteiger partial charge is 0.258 e. The van der Waals surface area contributed by atoms with Crippen molar-refractivity contribution in [1.82, 2.24) is 10.6 Å². The van der Waals surface area contributed by atoms with E-state index in [1.807, 2.05) is 0 Å². The Balaban J connectivity index is 1.40. The molecule has 0 heterocycles. The summed E-state index contributed by atoms with van der Waals surface area (Å²) in [5, 5.41) is 7.14. The summed E-state index contributed by atoms with van der Waals surface area (Å²) < 4.78 is 0. The van der Waals surface area contributed by atoms with Crippen molar-refractivity contribution >= 4 is 46.4 Å². The SMILES string of the molecule is C[C@@H](NC(=S)NC(=O)c1cccc(Cl)c1Cl)C12CC3CC(CC(C3)C1)C2. The number of nitrogens with one attached hydrogen (secondary N) is 2. The normalized spacial score (nSPS) is 33.0. The van der Waals surface area contributed by atoms with Crippen LogP contribution in [0.5, 0.6) is 0 Å². The van der Waals surface area contributed by atoms with Crippen molar-refractivity contribution in [1.29, 1.82) is 0 Å². The number of hydrogen-bond donors (Lipinski definition) is 2. The van der Waals surface area contributed by atoms with E-state index in [9.17, 15) is 4.79 Å². The Kier molecular flexibility index (Phi) is 4.96. The van der Waals surface area contributed by atoms with Crippen LogP contribution in [0.15, 0.2) is 18.2 Å². The molecule has 0 unspecified atom stereocenters. The largest absolute Gasteiger partial charge is 0.359 e. The molecule has 4 aliphatic carbocycles. The van der Waals surface area contributed by atoms with Crippen LogP contribution < -0.4 is 10.6 Å². The third kappa shape index (κ3) is 3.36. The highest BCUT2D eigenvalue weighted by atomic mass is 35.5. The van der Waals surface area contributed by atoms with Crippen LogP contribution in [0.2, 0.25) is 10.0 Å². The van der Waals surface area contributed by atoms with Crippen molar-refractivity contribution in [3.63, 3.8) is 0 Å². The molecule has 6 heteroatoms. The molecule has 5 rings (SSSR count). The molecule has 1 aromatic rings. The lowest BCUT2D eigenvalue weighted by atomic mass is 9.48. The van der Waals surface area contributed by atoms with Crippen LogP contribution in [-0.4, -0.2) is 17.1 Å². The molecule has 140 valence electrons. The number of rotatable bonds is 3. The maximum Gasteiger partial charge on any atom is 0.258 e. The summed E-state index contributed by atoms with van der Waals surface area (Å²) in [7, 11) is 0. The van der Waals surface area contributed by atoms with Gasteiger partial charge >= 0.3 is 0 Å². The van der Waals surface area contributed by atoms with E-state index < -0.39 is 0 Å². The number of halogens is 2. The highest BCUT2D eigenvalue weighted by Gasteiger charge is 2.53. The molecule has 4 fully saturated rings. The molecule has 1 aromatic carbocycles. The van der Waals surface area contributed by atoms with Gasteiger partial charge in [-0.05, 0) is 93.0 Å². The first-order valence-corrected chi connectivity index (χ1v) is 10.6. The molecule has 0 radical (unpaired) electrons. The minimum Gasteiger partial charge on any atom is -0.359 e. The van der Waals surface area contributed by atoms with Gasteiger partial charge in [-0.3, -0.25) is 10.1 Å². The summed E-state index contributed by atoms with van der Waals surface area (Å²) in [6.07, 6.45) is 8.14. The van der Waals surface area contributed by atoms with Crippen LogP contribution in [0.25, 0.3) is 0 Å². The van der Waals surface area contributed by atoms with E-state index >= 15 is 0 Å². The summed E-state index contributed by atoms with van der Waals surface area (Å²) in [6, 6.07) is 5.28. The topological polar surface area (TPSA) is 41.1 Å². The number of benzene rings is 1. The first kappa shape index (κ1) is 18.5. The molecular weight excluding hydrogens is 387 g/mol. The molecule has 2 N–H and O–H groups in total. The molecule has 0 saturated heterocycles. The highest BCUT2D eigenvalue weighted by molar-refractivity contribution is 7.80. The van der Waals surface area contributed by atoms with Gasteiger partial charge in [0.2, 0.25) is 0 Å². The molecule has 1 amide bonds. The fraction of sp³-hybridized carbons (Fsp3) is 0.600. The lowest BCUT2D eigenvalue weighted by Crippen LogP contribution is -2.57. The number of carbonyl (C=O) groups is 1. The Morgan fingerprint density at radius 3 is 2.31 bits per heavy atom. The molecule has 1 atom stereocenters. The summed E-state index contributed by atoms with van der Waals surface area (Å²) in [5.41, 5.74) is 0.669. The Bertz CT molecular complexity index is 716. The summed E-state index contributed by atoms with van der Waals surface area (Å²) in [4.78, 5) is 12.5. The molecule has 4 bridgehead atoms. The second-order valence-electron chi connectivity index (χ2n) is 8.53. The second kappa shape index (κ2) is 6.96. The third-order valence-corrected chi connectivity index (χ3v) is 7.81. The van der Waals surface area contributed by atoms with Gasteiger partial charge in [0.1, 0.15) is 0 Å². The highest BCUT2D eigenvalue weighted by Crippen LogP contribution is 2.61. The lowest BCUT2D eigenvalue weighted by molar-refractivity contribution is -0.0672. The van der Waals surface area contributed by atoms with Crippen LogP contribution in [0.4, 0.5) is 0 Å². The first-order valence-electron chi connectivity index (χ1n) is 9.42. The number of hydrogen-bond acceptors (Lipinski definition) is 2. The van der Waals surface area contributed by atoms with Crippen LogP contribution >= 0.6 is 35.4 Å². The average molecular weight is 411 g/mol. The van der Waals surface area contributed by atoms with Gasteiger partial charge in [-0.15, -0.1) is 0 Å². The number of carbonyl (C=O) groups excluding carboxylic acids is 1. The molecular formula is C20H24Cl2N2OS. The predicted octanol–water partition coefficient (Wildman–Crippen LogP) is 5.20. The Morgan fingerprint density at radius 1 is 1.15 bits per heavy atom. The van der Waals surface area contributed by atoms with Crippen molar-refractivity contribution in [2.24, 2.45) is 23.2 Å². The molecule has 26 heavy (non-hydrogen) atoms. The van der Waals surface area contributed by atoms with E-state index in [0.717, 1.165) is 17.8 Å². The van der Waals surface area contributed by atoms with E-state index in [2.05, 4.69) is 17.6 Å². The van der Waals surface area contributed by atoms with Crippen molar-refractivity contribution in [3.05, 3.63) is 33.8 Å². The minimum absolute atomic E-state index is 0.253. The second-order valence-corrected chi connectivity index (χ2v) is 9.72. The quantitative estimate of drug-likeness (QED) is 0.672. The molecule has 0 aliphatic heterocycles. The average Bonchev–Trinajstić information content (AvgIpc) is 2.55. The Labute approximate surface area is 170 Å². The van der Waals surface area contributed by atoms with E-state index in [1.165, 1.54) is 38.5 Å². The van der Waals surface area contributed by atoms with Crippen molar-refractivity contribution in [3.8, 4) is 0 Å². The van der Waals surface area contributed by atoms with E-state index in [0.29, 0.717) is 21.1 Å². The molecule has 4 aliphatic rings. The van der Waals surface area contributed by atoms with Crippen LogP contribution in [0.1, 0.15) is 55.8 Å². The summed E-state index contributed by atoms with van der Waals surface area (Å²) in [6.45, 7) is 2.22. The summed E-state index contributed by atoms with van der Waals surface area (Å²) in [5.74, 6) is 2.34. The van der Waals surface area contributed by atoms with Gasteiger partial charge in [-0.2, -0.15) is 0 Å². The van der Waals surface area contributed by atoms with E-state index in [1.54, 1.807) is 18.2 Å². The van der Waals surface area contributed by atoms with Gasteiger partial charge in [-0.25, -0.2) is 0 Å². The zero-order chi connectivity index (χ0) is 18.5. The molecule has 0 spiro atoms. The predicted molar refractivity (Wildman–Crippen MR) is 110 cm³/mol. The van der Waals surface area contributed by atoms with Gasteiger partial charge in [-0.1, -0.05) is 29.3 Å². The number of thiocarbonyl (C=S) groups is 1. The lowest BCUT2D eigenvalue weighted by Gasteiger charge is -2.59. The van der Waals surface area contributed by atoms with Crippen LogP contribution in [-0.2, 0) is 0 Å². The summed E-state index contributed by atoms with van der Waals surface area (Å²) >= 11 is 17.5. The molecule has 4 saturated carbocycles. The zero-order valence-corrected chi connectivity index (χ0v) is 17.2. The van der Waals surface area contributed by atoms with E-state index in [-0.39, 0.29) is 17.0 Å². The Hall–Kier alpha value is -0.840. The third-order valence-electron chi connectivity index (χ3n) is 6.78. The van der Waals surface area contributed by atoms with Gasteiger partial charge < -0.3 is 5.32 Å².